The predicted octanol–water partition coefficient (Wildman–Crippen LogP) is 4.91. The number of para-hydroxylation sites is 1. The van der Waals surface area contributed by atoms with E-state index in [1.165, 1.54) is 0 Å². The third kappa shape index (κ3) is 3.93. The maximum atomic E-state index is 12.2. The van der Waals surface area contributed by atoms with Gasteiger partial charge in [0.05, 0.1) is 22.3 Å². The molecule has 0 spiro atoms. The van der Waals surface area contributed by atoms with Crippen molar-refractivity contribution in [2.24, 2.45) is 0 Å². The van der Waals surface area contributed by atoms with Crippen LogP contribution in [-0.2, 0) is 11.2 Å². The van der Waals surface area contributed by atoms with E-state index in [2.05, 4.69) is 17.6 Å². The van der Waals surface area contributed by atoms with E-state index in [9.17, 15) is 4.79 Å². The molecule has 0 aliphatic heterocycles. The summed E-state index contributed by atoms with van der Waals surface area (Å²) >= 11 is 12.0. The highest BCUT2D eigenvalue weighted by Gasteiger charge is 2.10. The summed E-state index contributed by atoms with van der Waals surface area (Å²) in [5, 5.41) is 6.84. The van der Waals surface area contributed by atoms with Gasteiger partial charge in [0.15, 0.2) is 0 Å². The molecular weight excluding hydrogens is 319 g/mol. The van der Waals surface area contributed by atoms with E-state index in [4.69, 9.17) is 23.2 Å². The van der Waals surface area contributed by atoms with Gasteiger partial charge in [-0.3, -0.25) is 4.79 Å². The van der Waals surface area contributed by atoms with Crippen molar-refractivity contribution in [3.63, 3.8) is 0 Å². The zero-order valence-electron chi connectivity index (χ0n) is 12.5. The molecule has 0 fully saturated rings. The van der Waals surface area contributed by atoms with Gasteiger partial charge in [-0.25, -0.2) is 0 Å². The highest BCUT2D eigenvalue weighted by Crippen LogP contribution is 2.29. The monoisotopic (exact) mass is 336 g/mol. The summed E-state index contributed by atoms with van der Waals surface area (Å²) < 4.78 is 0. The quantitative estimate of drug-likeness (QED) is 0.813. The van der Waals surface area contributed by atoms with Crippen molar-refractivity contribution in [3.8, 4) is 0 Å². The van der Waals surface area contributed by atoms with Gasteiger partial charge in [-0.1, -0.05) is 54.4 Å². The Balaban J connectivity index is 2.04. The first-order chi connectivity index (χ1) is 10.5. The van der Waals surface area contributed by atoms with Crippen LogP contribution in [-0.4, -0.2) is 12.5 Å². The Morgan fingerprint density at radius 2 is 1.86 bits per heavy atom. The average Bonchev–Trinajstić information content (AvgIpc) is 2.50. The summed E-state index contributed by atoms with van der Waals surface area (Å²) in [6.45, 7) is 4.17. The second-order valence-corrected chi connectivity index (χ2v) is 5.75. The lowest BCUT2D eigenvalue weighted by Crippen LogP contribution is -2.23. The zero-order valence-corrected chi connectivity index (χ0v) is 14.1. The van der Waals surface area contributed by atoms with Gasteiger partial charge in [0.1, 0.15) is 0 Å². The van der Waals surface area contributed by atoms with Gasteiger partial charge in [-0.2, -0.15) is 0 Å². The Labute approximate surface area is 140 Å². The first-order valence-corrected chi connectivity index (χ1v) is 7.84. The number of amides is 1. The van der Waals surface area contributed by atoms with E-state index in [0.717, 1.165) is 23.2 Å². The van der Waals surface area contributed by atoms with E-state index in [-0.39, 0.29) is 12.5 Å². The Morgan fingerprint density at radius 1 is 1.14 bits per heavy atom. The van der Waals surface area contributed by atoms with Crippen LogP contribution in [0.25, 0.3) is 0 Å². The molecule has 0 heterocycles. The maximum Gasteiger partial charge on any atom is 0.243 e. The standard InChI is InChI=1S/C17H18Cl2N2O/c1-3-12-7-4-6-11(2)17(12)21-15(22)10-20-14-9-5-8-13(18)16(14)19/h4-9,20H,3,10H2,1-2H3,(H,21,22). The zero-order chi connectivity index (χ0) is 16.1. The van der Waals surface area contributed by atoms with Gasteiger partial charge >= 0.3 is 0 Å². The molecule has 0 aliphatic carbocycles. The molecule has 0 unspecified atom stereocenters. The molecule has 0 bridgehead atoms. The van der Waals surface area contributed by atoms with Crippen LogP contribution in [0.3, 0.4) is 0 Å². The van der Waals surface area contributed by atoms with Crippen LogP contribution in [0.4, 0.5) is 11.4 Å². The van der Waals surface area contributed by atoms with E-state index in [0.29, 0.717) is 15.7 Å². The molecule has 0 atom stereocenters. The molecule has 0 saturated heterocycles. The lowest BCUT2D eigenvalue weighted by atomic mass is 10.1. The van der Waals surface area contributed by atoms with Gasteiger partial charge in [0.2, 0.25) is 5.91 Å². The number of aryl methyl sites for hydroxylation is 2. The smallest absolute Gasteiger partial charge is 0.243 e. The third-order valence-electron chi connectivity index (χ3n) is 3.40. The highest BCUT2D eigenvalue weighted by molar-refractivity contribution is 6.43. The molecule has 2 rings (SSSR count). The molecule has 0 saturated carbocycles. The fourth-order valence-corrected chi connectivity index (χ4v) is 2.57. The Hall–Kier alpha value is -1.71. The molecular formula is C17H18Cl2N2O. The fraction of sp³-hybridized carbons (Fsp3) is 0.235. The number of carbonyl (C=O) groups is 1. The Kier molecular flexibility index (Phi) is 5.69. The highest BCUT2D eigenvalue weighted by atomic mass is 35.5. The average molecular weight is 337 g/mol. The van der Waals surface area contributed by atoms with Crippen molar-refractivity contribution in [1.82, 2.24) is 0 Å². The summed E-state index contributed by atoms with van der Waals surface area (Å²) in [6.07, 6.45) is 0.866. The van der Waals surface area contributed by atoms with Crippen LogP contribution in [0.15, 0.2) is 36.4 Å². The lowest BCUT2D eigenvalue weighted by molar-refractivity contribution is -0.114. The van der Waals surface area contributed by atoms with Crippen LogP contribution in [0.2, 0.25) is 10.0 Å². The third-order valence-corrected chi connectivity index (χ3v) is 4.21. The van der Waals surface area contributed by atoms with Crippen molar-refractivity contribution in [2.45, 2.75) is 20.3 Å². The number of hydrogen-bond donors (Lipinski definition) is 2. The summed E-state index contributed by atoms with van der Waals surface area (Å²) in [5.74, 6) is -0.125. The predicted molar refractivity (Wildman–Crippen MR) is 94.1 cm³/mol. The van der Waals surface area contributed by atoms with Crippen LogP contribution < -0.4 is 10.6 Å². The Bertz CT molecular complexity index is 686. The van der Waals surface area contributed by atoms with Crippen molar-refractivity contribution in [3.05, 3.63) is 57.6 Å². The number of carbonyl (C=O) groups excluding carboxylic acids is 1. The number of benzene rings is 2. The van der Waals surface area contributed by atoms with Crippen molar-refractivity contribution < 1.29 is 4.79 Å². The minimum atomic E-state index is -0.125. The minimum Gasteiger partial charge on any atom is -0.375 e. The van der Waals surface area contributed by atoms with Crippen LogP contribution in [0, 0.1) is 6.92 Å². The molecule has 2 N–H and O–H groups in total. The number of anilines is 2. The number of nitrogens with one attached hydrogen (secondary N) is 2. The molecule has 5 heteroatoms. The fourth-order valence-electron chi connectivity index (χ4n) is 2.20. The van der Waals surface area contributed by atoms with Gasteiger partial charge in [-0.15, -0.1) is 0 Å². The molecule has 2 aromatic rings. The van der Waals surface area contributed by atoms with Crippen molar-refractivity contribution >= 4 is 40.5 Å². The lowest BCUT2D eigenvalue weighted by Gasteiger charge is -2.14. The van der Waals surface area contributed by atoms with Gasteiger partial charge < -0.3 is 10.6 Å². The van der Waals surface area contributed by atoms with Gasteiger partial charge in [0.25, 0.3) is 0 Å². The molecule has 2 aromatic carbocycles. The topological polar surface area (TPSA) is 41.1 Å². The largest absolute Gasteiger partial charge is 0.375 e. The molecule has 0 radical (unpaired) electrons. The van der Waals surface area contributed by atoms with Crippen LogP contribution in [0.1, 0.15) is 18.1 Å². The second-order valence-electron chi connectivity index (χ2n) is 4.97. The molecule has 0 aromatic heterocycles. The van der Waals surface area contributed by atoms with Crippen LogP contribution in [0.5, 0.6) is 0 Å². The molecule has 3 nitrogen and oxygen atoms in total. The first-order valence-electron chi connectivity index (χ1n) is 7.09. The van der Waals surface area contributed by atoms with E-state index >= 15 is 0 Å². The molecule has 1 amide bonds. The van der Waals surface area contributed by atoms with Crippen molar-refractivity contribution in [1.29, 1.82) is 0 Å². The van der Waals surface area contributed by atoms with E-state index < -0.39 is 0 Å². The minimum absolute atomic E-state index is 0.123. The number of halogens is 2. The maximum absolute atomic E-state index is 12.2. The van der Waals surface area contributed by atoms with Gasteiger partial charge in [-0.05, 0) is 36.6 Å². The van der Waals surface area contributed by atoms with Crippen LogP contribution >= 0.6 is 23.2 Å². The van der Waals surface area contributed by atoms with Crippen molar-refractivity contribution in [2.75, 3.05) is 17.2 Å². The second kappa shape index (κ2) is 7.52. The summed E-state index contributed by atoms with van der Waals surface area (Å²) in [6, 6.07) is 11.3. The normalized spacial score (nSPS) is 10.4. The summed E-state index contributed by atoms with van der Waals surface area (Å²) in [4.78, 5) is 12.2. The van der Waals surface area contributed by atoms with E-state index in [1.54, 1.807) is 18.2 Å². The molecule has 0 aliphatic rings. The number of rotatable bonds is 5. The summed E-state index contributed by atoms with van der Waals surface area (Å²) in [7, 11) is 0. The Morgan fingerprint density at radius 3 is 2.59 bits per heavy atom. The molecule has 116 valence electrons. The SMILES string of the molecule is CCc1cccc(C)c1NC(=O)CNc1cccc(Cl)c1Cl. The number of hydrogen-bond acceptors (Lipinski definition) is 2. The first kappa shape index (κ1) is 16.7. The summed E-state index contributed by atoms with van der Waals surface area (Å²) in [5.41, 5.74) is 3.70. The van der Waals surface area contributed by atoms with E-state index in [1.807, 2.05) is 25.1 Å². The molecule has 22 heavy (non-hydrogen) atoms. The van der Waals surface area contributed by atoms with Gasteiger partial charge in [0, 0.05) is 5.69 Å².